The molecule has 2 heteroatoms. The fraction of sp³-hybridized carbons (Fsp3) is 0.882. The Morgan fingerprint density at radius 1 is 1.00 bits per heavy atom. The summed E-state index contributed by atoms with van der Waals surface area (Å²) in [6, 6.07) is 0. The van der Waals surface area contributed by atoms with Crippen molar-refractivity contribution in [2.24, 2.45) is 16.8 Å². The minimum Gasteiger partial charge on any atom is -0.273 e. The Hall–Kier alpha value is -0.660. The van der Waals surface area contributed by atoms with Crippen LogP contribution in [-0.2, 0) is 4.79 Å². The van der Waals surface area contributed by atoms with Gasteiger partial charge in [-0.15, -0.1) is 0 Å². The Balaban J connectivity index is 3.26. The lowest BCUT2D eigenvalue weighted by atomic mass is 9.91. The normalized spacial score (nSPS) is 14.1. The van der Waals surface area contributed by atoms with Gasteiger partial charge in [0, 0.05) is 6.42 Å². The van der Waals surface area contributed by atoms with Gasteiger partial charge in [0.1, 0.15) is 0 Å². The third-order valence-electron chi connectivity index (χ3n) is 4.02. The SMILES string of the molecule is C=NC(=O)CCCCCCCCC(C)CC(C)CC. The van der Waals surface area contributed by atoms with E-state index in [1.54, 1.807) is 0 Å². The number of carbonyl (C=O) groups is 1. The molecule has 2 atom stereocenters. The van der Waals surface area contributed by atoms with E-state index in [1.165, 1.54) is 44.9 Å². The van der Waals surface area contributed by atoms with Crippen LogP contribution in [0.3, 0.4) is 0 Å². The van der Waals surface area contributed by atoms with Crippen molar-refractivity contribution in [3.05, 3.63) is 0 Å². The maximum absolute atomic E-state index is 10.9. The average molecular weight is 267 g/mol. The minimum atomic E-state index is -0.0566. The van der Waals surface area contributed by atoms with Crippen molar-refractivity contribution < 1.29 is 4.79 Å². The number of hydrogen-bond acceptors (Lipinski definition) is 1. The van der Waals surface area contributed by atoms with E-state index in [-0.39, 0.29) is 5.91 Å². The summed E-state index contributed by atoms with van der Waals surface area (Å²) in [7, 11) is 0. The lowest BCUT2D eigenvalue weighted by Gasteiger charge is -2.15. The lowest BCUT2D eigenvalue weighted by Crippen LogP contribution is -2.02. The van der Waals surface area contributed by atoms with E-state index in [0.717, 1.165) is 24.7 Å². The summed E-state index contributed by atoms with van der Waals surface area (Å²) in [4.78, 5) is 14.3. The molecule has 112 valence electrons. The van der Waals surface area contributed by atoms with Crippen LogP contribution >= 0.6 is 0 Å². The molecule has 0 aromatic carbocycles. The number of nitrogens with zero attached hydrogens (tertiary/aromatic N) is 1. The molecule has 0 rings (SSSR count). The summed E-state index contributed by atoms with van der Waals surface area (Å²) in [6.45, 7) is 10.3. The standard InChI is InChI=1S/C17H33NO/c1-5-15(2)14-16(3)12-10-8-6-7-9-11-13-17(19)18-4/h15-16H,4-14H2,1-3H3. The zero-order valence-electron chi connectivity index (χ0n) is 13.3. The molecule has 0 spiro atoms. The zero-order valence-corrected chi connectivity index (χ0v) is 13.3. The van der Waals surface area contributed by atoms with Crippen molar-refractivity contribution in [2.45, 2.75) is 85.0 Å². The number of rotatable bonds is 12. The van der Waals surface area contributed by atoms with Gasteiger partial charge in [0.25, 0.3) is 0 Å². The molecule has 0 aromatic rings. The second-order valence-corrected chi connectivity index (χ2v) is 6.07. The summed E-state index contributed by atoms with van der Waals surface area (Å²) in [6.07, 6.45) is 12.1. The van der Waals surface area contributed by atoms with Gasteiger partial charge in [-0.05, 0) is 31.4 Å². The van der Waals surface area contributed by atoms with Gasteiger partial charge < -0.3 is 0 Å². The Kier molecular flexibility index (Phi) is 11.9. The molecular formula is C17H33NO. The van der Waals surface area contributed by atoms with Crippen LogP contribution in [0, 0.1) is 11.8 Å². The molecule has 0 bridgehead atoms. The summed E-state index contributed by atoms with van der Waals surface area (Å²) in [5, 5.41) is 0. The lowest BCUT2D eigenvalue weighted by molar-refractivity contribution is -0.117. The third-order valence-corrected chi connectivity index (χ3v) is 4.02. The molecule has 0 aromatic heterocycles. The second-order valence-electron chi connectivity index (χ2n) is 6.07. The van der Waals surface area contributed by atoms with Crippen molar-refractivity contribution in [3.63, 3.8) is 0 Å². The van der Waals surface area contributed by atoms with E-state index < -0.39 is 0 Å². The number of unbranched alkanes of at least 4 members (excludes halogenated alkanes) is 5. The highest BCUT2D eigenvalue weighted by molar-refractivity contribution is 5.80. The first kappa shape index (κ1) is 18.3. The second kappa shape index (κ2) is 12.4. The third kappa shape index (κ3) is 12.1. The highest BCUT2D eigenvalue weighted by Gasteiger charge is 2.06. The van der Waals surface area contributed by atoms with E-state index in [0.29, 0.717) is 6.42 Å². The summed E-state index contributed by atoms with van der Waals surface area (Å²) in [5.74, 6) is 1.70. The molecule has 0 heterocycles. The molecular weight excluding hydrogens is 234 g/mol. The molecule has 0 aliphatic heterocycles. The van der Waals surface area contributed by atoms with Crippen LogP contribution in [0.25, 0.3) is 0 Å². The smallest absolute Gasteiger partial charge is 0.245 e. The van der Waals surface area contributed by atoms with Crippen LogP contribution in [0.2, 0.25) is 0 Å². The van der Waals surface area contributed by atoms with Gasteiger partial charge in [0.2, 0.25) is 5.91 Å². The van der Waals surface area contributed by atoms with Crippen molar-refractivity contribution in [3.8, 4) is 0 Å². The monoisotopic (exact) mass is 267 g/mol. The van der Waals surface area contributed by atoms with Crippen LogP contribution in [-0.4, -0.2) is 12.6 Å². The molecule has 0 saturated carbocycles. The minimum absolute atomic E-state index is 0.0566. The zero-order chi connectivity index (χ0) is 14.5. The van der Waals surface area contributed by atoms with Crippen molar-refractivity contribution in [2.75, 3.05) is 0 Å². The predicted octanol–water partition coefficient (Wildman–Crippen LogP) is 5.41. The first-order chi connectivity index (χ1) is 9.10. The molecule has 0 N–H and O–H groups in total. The van der Waals surface area contributed by atoms with Gasteiger partial charge in [0.15, 0.2) is 0 Å². The number of carbonyl (C=O) groups excluding carboxylic acids is 1. The molecule has 19 heavy (non-hydrogen) atoms. The Labute approximate surface area is 120 Å². The quantitative estimate of drug-likeness (QED) is 0.343. The fourth-order valence-corrected chi connectivity index (χ4v) is 2.53. The van der Waals surface area contributed by atoms with Gasteiger partial charge in [0.05, 0.1) is 0 Å². The van der Waals surface area contributed by atoms with Gasteiger partial charge in [-0.2, -0.15) is 0 Å². The van der Waals surface area contributed by atoms with E-state index in [4.69, 9.17) is 0 Å². The predicted molar refractivity (Wildman–Crippen MR) is 84.7 cm³/mol. The van der Waals surface area contributed by atoms with Crippen molar-refractivity contribution >= 4 is 12.6 Å². The largest absolute Gasteiger partial charge is 0.273 e. The van der Waals surface area contributed by atoms with Crippen LogP contribution in [0.1, 0.15) is 85.0 Å². The molecule has 0 aliphatic rings. The summed E-state index contributed by atoms with van der Waals surface area (Å²) < 4.78 is 0. The summed E-state index contributed by atoms with van der Waals surface area (Å²) >= 11 is 0. The highest BCUT2D eigenvalue weighted by atomic mass is 16.1. The van der Waals surface area contributed by atoms with Crippen molar-refractivity contribution in [1.82, 2.24) is 0 Å². The molecule has 2 unspecified atom stereocenters. The molecule has 0 aliphatic carbocycles. The van der Waals surface area contributed by atoms with Crippen LogP contribution < -0.4 is 0 Å². The molecule has 0 saturated heterocycles. The highest BCUT2D eigenvalue weighted by Crippen LogP contribution is 2.20. The van der Waals surface area contributed by atoms with E-state index >= 15 is 0 Å². The molecule has 2 nitrogen and oxygen atoms in total. The summed E-state index contributed by atoms with van der Waals surface area (Å²) in [5.41, 5.74) is 0. The number of aliphatic imine (C=N–C) groups is 1. The maximum Gasteiger partial charge on any atom is 0.245 e. The average Bonchev–Trinajstić information content (AvgIpc) is 2.41. The molecule has 1 amide bonds. The van der Waals surface area contributed by atoms with Gasteiger partial charge in [-0.1, -0.05) is 65.7 Å². The topological polar surface area (TPSA) is 29.4 Å². The van der Waals surface area contributed by atoms with Crippen LogP contribution in [0.4, 0.5) is 0 Å². The van der Waals surface area contributed by atoms with Gasteiger partial charge in [-0.25, -0.2) is 4.99 Å². The Morgan fingerprint density at radius 3 is 2.16 bits per heavy atom. The Morgan fingerprint density at radius 2 is 1.58 bits per heavy atom. The number of hydrogen-bond donors (Lipinski definition) is 0. The van der Waals surface area contributed by atoms with Crippen LogP contribution in [0.15, 0.2) is 4.99 Å². The van der Waals surface area contributed by atoms with E-state index in [1.807, 2.05) is 0 Å². The van der Waals surface area contributed by atoms with E-state index in [2.05, 4.69) is 32.5 Å². The number of amides is 1. The van der Waals surface area contributed by atoms with Gasteiger partial charge in [-0.3, -0.25) is 4.79 Å². The van der Waals surface area contributed by atoms with Gasteiger partial charge >= 0.3 is 0 Å². The first-order valence-corrected chi connectivity index (χ1v) is 8.09. The maximum atomic E-state index is 10.9. The van der Waals surface area contributed by atoms with Crippen molar-refractivity contribution in [1.29, 1.82) is 0 Å². The van der Waals surface area contributed by atoms with E-state index in [9.17, 15) is 4.79 Å². The first-order valence-electron chi connectivity index (χ1n) is 8.09. The molecule has 0 radical (unpaired) electrons. The molecule has 0 fully saturated rings. The fourth-order valence-electron chi connectivity index (χ4n) is 2.53. The van der Waals surface area contributed by atoms with Crippen LogP contribution in [0.5, 0.6) is 0 Å². The Bertz CT molecular complexity index is 237.